The molecule has 1 aromatic rings. The van der Waals surface area contributed by atoms with E-state index in [1.54, 1.807) is 6.33 Å². The van der Waals surface area contributed by atoms with Crippen LogP contribution in [0.25, 0.3) is 0 Å². The number of rotatable bonds is 6. The minimum Gasteiger partial charge on any atom is -0.372 e. The van der Waals surface area contributed by atoms with E-state index in [4.69, 9.17) is 0 Å². The monoisotopic (exact) mass is 298 g/mol. The molecule has 1 aliphatic carbocycles. The van der Waals surface area contributed by atoms with Gasteiger partial charge in [0, 0.05) is 13.1 Å². The van der Waals surface area contributed by atoms with Gasteiger partial charge in [0.15, 0.2) is 0 Å². The maximum absolute atomic E-state index is 4.29. The molecule has 1 aromatic heterocycles. The highest BCUT2D eigenvalue weighted by Crippen LogP contribution is 2.35. The summed E-state index contributed by atoms with van der Waals surface area (Å²) >= 11 is 3.53. The molecule has 1 unspecified atom stereocenters. The lowest BCUT2D eigenvalue weighted by atomic mass is 10.1. The van der Waals surface area contributed by atoms with E-state index in [1.807, 2.05) is 7.05 Å². The Balaban J connectivity index is 2.04. The second-order valence-electron chi connectivity index (χ2n) is 4.56. The van der Waals surface area contributed by atoms with Gasteiger partial charge in [-0.2, -0.15) is 0 Å². The largest absolute Gasteiger partial charge is 0.372 e. The highest BCUT2D eigenvalue weighted by Gasteiger charge is 2.25. The van der Waals surface area contributed by atoms with Crippen LogP contribution in [-0.2, 0) is 0 Å². The van der Waals surface area contributed by atoms with Crippen molar-refractivity contribution in [1.82, 2.24) is 9.97 Å². The third-order valence-corrected chi connectivity index (χ3v) is 3.93. The van der Waals surface area contributed by atoms with Gasteiger partial charge in [0.05, 0.1) is 0 Å². The van der Waals surface area contributed by atoms with Crippen LogP contribution in [0.15, 0.2) is 10.8 Å². The summed E-state index contributed by atoms with van der Waals surface area (Å²) in [6.07, 6.45) is 6.75. The maximum Gasteiger partial charge on any atom is 0.146 e. The quantitative estimate of drug-likeness (QED) is 0.846. The van der Waals surface area contributed by atoms with Crippen molar-refractivity contribution >= 4 is 27.6 Å². The van der Waals surface area contributed by atoms with Crippen LogP contribution >= 0.6 is 15.9 Å². The molecule has 5 heteroatoms. The van der Waals surface area contributed by atoms with Gasteiger partial charge < -0.3 is 10.6 Å². The Hall–Kier alpha value is -0.840. The summed E-state index contributed by atoms with van der Waals surface area (Å²) in [4.78, 5) is 8.45. The molecule has 1 atom stereocenters. The molecule has 0 aliphatic heterocycles. The first kappa shape index (κ1) is 12.6. The lowest BCUT2D eigenvalue weighted by Crippen LogP contribution is -2.20. The molecule has 17 heavy (non-hydrogen) atoms. The van der Waals surface area contributed by atoms with E-state index >= 15 is 0 Å². The molecule has 1 aliphatic rings. The Morgan fingerprint density at radius 2 is 2.12 bits per heavy atom. The van der Waals surface area contributed by atoms with Crippen molar-refractivity contribution in [3.63, 3.8) is 0 Å². The average Bonchev–Trinajstić information content (AvgIpc) is 3.14. The minimum absolute atomic E-state index is 0.512. The second kappa shape index (κ2) is 5.67. The van der Waals surface area contributed by atoms with E-state index in [-0.39, 0.29) is 0 Å². The molecule has 2 N–H and O–H groups in total. The summed E-state index contributed by atoms with van der Waals surface area (Å²) < 4.78 is 0.914. The zero-order valence-corrected chi connectivity index (χ0v) is 11.9. The molecule has 0 amide bonds. The Bertz CT molecular complexity index is 379. The van der Waals surface area contributed by atoms with E-state index in [0.717, 1.165) is 28.4 Å². The van der Waals surface area contributed by atoms with Gasteiger partial charge in [0.2, 0.25) is 0 Å². The SMILES string of the molecule is CCC(CC1CC1)Nc1ncnc(NC)c1Br. The van der Waals surface area contributed by atoms with Gasteiger partial charge in [-0.1, -0.05) is 19.8 Å². The Morgan fingerprint density at radius 3 is 2.71 bits per heavy atom. The molecular weight excluding hydrogens is 280 g/mol. The molecule has 1 heterocycles. The first-order valence-electron chi connectivity index (χ1n) is 6.19. The normalized spacial score (nSPS) is 16.6. The van der Waals surface area contributed by atoms with Gasteiger partial charge in [0.1, 0.15) is 22.4 Å². The van der Waals surface area contributed by atoms with E-state index in [1.165, 1.54) is 19.3 Å². The van der Waals surface area contributed by atoms with Crippen LogP contribution in [0.1, 0.15) is 32.6 Å². The van der Waals surface area contributed by atoms with Crippen molar-refractivity contribution in [2.45, 2.75) is 38.6 Å². The zero-order valence-electron chi connectivity index (χ0n) is 10.3. The molecule has 94 valence electrons. The van der Waals surface area contributed by atoms with Crippen LogP contribution in [0.5, 0.6) is 0 Å². The van der Waals surface area contributed by atoms with Gasteiger partial charge in [-0.25, -0.2) is 9.97 Å². The van der Waals surface area contributed by atoms with Gasteiger partial charge in [0.25, 0.3) is 0 Å². The van der Waals surface area contributed by atoms with E-state index in [0.29, 0.717) is 6.04 Å². The van der Waals surface area contributed by atoms with Crippen LogP contribution < -0.4 is 10.6 Å². The molecule has 0 spiro atoms. The Labute approximate surface area is 111 Å². The van der Waals surface area contributed by atoms with Crippen molar-refractivity contribution in [3.05, 3.63) is 10.8 Å². The summed E-state index contributed by atoms with van der Waals surface area (Å²) in [7, 11) is 1.86. The van der Waals surface area contributed by atoms with E-state index < -0.39 is 0 Å². The number of nitrogens with one attached hydrogen (secondary N) is 2. The maximum atomic E-state index is 4.29. The van der Waals surface area contributed by atoms with Gasteiger partial charge in [-0.05, 0) is 34.7 Å². The molecule has 0 bridgehead atoms. The zero-order chi connectivity index (χ0) is 12.3. The molecule has 1 fully saturated rings. The highest BCUT2D eigenvalue weighted by molar-refractivity contribution is 9.10. The fourth-order valence-corrected chi connectivity index (χ4v) is 2.44. The molecule has 0 aromatic carbocycles. The first-order valence-corrected chi connectivity index (χ1v) is 6.98. The number of hydrogen-bond donors (Lipinski definition) is 2. The van der Waals surface area contributed by atoms with Gasteiger partial charge >= 0.3 is 0 Å². The van der Waals surface area contributed by atoms with Crippen molar-refractivity contribution < 1.29 is 0 Å². The third-order valence-electron chi connectivity index (χ3n) is 3.17. The number of aromatic nitrogens is 2. The molecular formula is C12H19BrN4. The van der Waals surface area contributed by atoms with Crippen molar-refractivity contribution in [3.8, 4) is 0 Å². The van der Waals surface area contributed by atoms with Crippen LogP contribution in [-0.4, -0.2) is 23.1 Å². The standard InChI is InChI=1S/C12H19BrN4/c1-3-9(6-8-4-5-8)17-12-10(13)11(14-2)15-7-16-12/h7-9H,3-6H2,1-2H3,(H2,14,15,16,17). The van der Waals surface area contributed by atoms with Gasteiger partial charge in [-0.3, -0.25) is 0 Å². The van der Waals surface area contributed by atoms with Crippen LogP contribution in [0, 0.1) is 5.92 Å². The van der Waals surface area contributed by atoms with Crippen molar-refractivity contribution in [2.24, 2.45) is 5.92 Å². The second-order valence-corrected chi connectivity index (χ2v) is 5.36. The molecule has 1 saturated carbocycles. The topological polar surface area (TPSA) is 49.8 Å². The summed E-state index contributed by atoms with van der Waals surface area (Å²) in [6, 6.07) is 0.512. The minimum atomic E-state index is 0.512. The molecule has 4 nitrogen and oxygen atoms in total. The predicted octanol–water partition coefficient (Wildman–Crippen LogP) is 3.27. The van der Waals surface area contributed by atoms with Gasteiger partial charge in [-0.15, -0.1) is 0 Å². The number of hydrogen-bond acceptors (Lipinski definition) is 4. The molecule has 2 rings (SSSR count). The lowest BCUT2D eigenvalue weighted by Gasteiger charge is -2.18. The van der Waals surface area contributed by atoms with E-state index in [2.05, 4.69) is 43.5 Å². The Kier molecular flexibility index (Phi) is 4.20. The summed E-state index contributed by atoms with van der Waals surface area (Å²) in [5.41, 5.74) is 0. The van der Waals surface area contributed by atoms with Crippen LogP contribution in [0.2, 0.25) is 0 Å². The molecule has 0 radical (unpaired) electrons. The molecule has 0 saturated heterocycles. The van der Waals surface area contributed by atoms with Crippen LogP contribution in [0.3, 0.4) is 0 Å². The third kappa shape index (κ3) is 3.31. The number of nitrogens with zero attached hydrogens (tertiary/aromatic N) is 2. The number of anilines is 2. The Morgan fingerprint density at radius 1 is 1.41 bits per heavy atom. The summed E-state index contributed by atoms with van der Waals surface area (Å²) in [6.45, 7) is 2.22. The first-order chi connectivity index (χ1) is 8.24. The summed E-state index contributed by atoms with van der Waals surface area (Å²) in [5.74, 6) is 2.64. The predicted molar refractivity (Wildman–Crippen MR) is 74.3 cm³/mol. The van der Waals surface area contributed by atoms with E-state index in [9.17, 15) is 0 Å². The number of halogens is 1. The van der Waals surface area contributed by atoms with Crippen molar-refractivity contribution in [2.75, 3.05) is 17.7 Å². The average molecular weight is 299 g/mol. The smallest absolute Gasteiger partial charge is 0.146 e. The van der Waals surface area contributed by atoms with Crippen LogP contribution in [0.4, 0.5) is 11.6 Å². The summed E-state index contributed by atoms with van der Waals surface area (Å²) in [5, 5.41) is 6.55. The lowest BCUT2D eigenvalue weighted by molar-refractivity contribution is 0.584. The highest BCUT2D eigenvalue weighted by atomic mass is 79.9. The fourth-order valence-electron chi connectivity index (χ4n) is 1.92. The van der Waals surface area contributed by atoms with Crippen molar-refractivity contribution in [1.29, 1.82) is 0 Å². The fraction of sp³-hybridized carbons (Fsp3) is 0.667.